The SMILES string of the molecule is CNCC1(CNC(C)=O)CC1. The summed E-state index contributed by atoms with van der Waals surface area (Å²) < 4.78 is 0. The molecule has 1 rings (SSSR count). The van der Waals surface area contributed by atoms with E-state index in [0.29, 0.717) is 5.41 Å². The number of nitrogens with one attached hydrogen (secondary N) is 2. The molecule has 64 valence electrons. The fourth-order valence-corrected chi connectivity index (χ4v) is 1.28. The van der Waals surface area contributed by atoms with Gasteiger partial charge in [0, 0.05) is 25.4 Å². The molecule has 0 radical (unpaired) electrons. The summed E-state index contributed by atoms with van der Waals surface area (Å²) in [5, 5.41) is 6.00. The summed E-state index contributed by atoms with van der Waals surface area (Å²) >= 11 is 0. The number of hydrogen-bond donors (Lipinski definition) is 2. The summed E-state index contributed by atoms with van der Waals surface area (Å²) in [6, 6.07) is 0. The maximum Gasteiger partial charge on any atom is 0.216 e. The second kappa shape index (κ2) is 3.22. The van der Waals surface area contributed by atoms with Crippen LogP contribution in [0.15, 0.2) is 0 Å². The lowest BCUT2D eigenvalue weighted by atomic mass is 10.1. The molecule has 11 heavy (non-hydrogen) atoms. The third-order valence-corrected chi connectivity index (χ3v) is 2.22. The minimum Gasteiger partial charge on any atom is -0.356 e. The van der Waals surface area contributed by atoms with E-state index in [2.05, 4.69) is 10.6 Å². The first-order valence-corrected chi connectivity index (χ1v) is 4.08. The lowest BCUT2D eigenvalue weighted by Crippen LogP contribution is -2.33. The average molecular weight is 156 g/mol. The van der Waals surface area contributed by atoms with Gasteiger partial charge >= 0.3 is 0 Å². The maximum absolute atomic E-state index is 10.6. The lowest BCUT2D eigenvalue weighted by molar-refractivity contribution is -0.119. The van der Waals surface area contributed by atoms with Gasteiger partial charge in [-0.05, 0) is 19.9 Å². The van der Waals surface area contributed by atoms with E-state index in [0.717, 1.165) is 13.1 Å². The van der Waals surface area contributed by atoms with Crippen LogP contribution in [0.3, 0.4) is 0 Å². The van der Waals surface area contributed by atoms with E-state index >= 15 is 0 Å². The van der Waals surface area contributed by atoms with Crippen molar-refractivity contribution in [3.63, 3.8) is 0 Å². The van der Waals surface area contributed by atoms with Gasteiger partial charge in [-0.2, -0.15) is 0 Å². The van der Waals surface area contributed by atoms with Crippen molar-refractivity contribution in [2.75, 3.05) is 20.1 Å². The fraction of sp³-hybridized carbons (Fsp3) is 0.875. The first-order chi connectivity index (χ1) is 5.18. The zero-order valence-electron chi connectivity index (χ0n) is 7.24. The Morgan fingerprint density at radius 1 is 1.45 bits per heavy atom. The van der Waals surface area contributed by atoms with Crippen molar-refractivity contribution < 1.29 is 4.79 Å². The van der Waals surface area contributed by atoms with Gasteiger partial charge in [0.05, 0.1) is 0 Å². The van der Waals surface area contributed by atoms with Crippen LogP contribution >= 0.6 is 0 Å². The van der Waals surface area contributed by atoms with Crippen molar-refractivity contribution in [3.8, 4) is 0 Å². The molecule has 0 aromatic carbocycles. The van der Waals surface area contributed by atoms with Crippen LogP contribution in [-0.4, -0.2) is 26.0 Å². The highest BCUT2D eigenvalue weighted by Gasteiger charge is 2.41. The summed E-state index contributed by atoms with van der Waals surface area (Å²) in [7, 11) is 1.95. The summed E-state index contributed by atoms with van der Waals surface area (Å²) in [4.78, 5) is 10.6. The first-order valence-electron chi connectivity index (χ1n) is 4.08. The van der Waals surface area contributed by atoms with Gasteiger partial charge in [0.15, 0.2) is 0 Å². The lowest BCUT2D eigenvalue weighted by Gasteiger charge is -2.13. The van der Waals surface area contributed by atoms with Gasteiger partial charge < -0.3 is 10.6 Å². The molecule has 0 aromatic heterocycles. The molecule has 0 unspecified atom stereocenters. The van der Waals surface area contributed by atoms with E-state index in [1.165, 1.54) is 12.8 Å². The van der Waals surface area contributed by atoms with Gasteiger partial charge in [0.25, 0.3) is 0 Å². The summed E-state index contributed by atoms with van der Waals surface area (Å²) in [5.41, 5.74) is 0.389. The number of carbonyl (C=O) groups is 1. The Morgan fingerprint density at radius 3 is 2.45 bits per heavy atom. The Kier molecular flexibility index (Phi) is 2.49. The molecule has 0 aromatic rings. The summed E-state index contributed by atoms with van der Waals surface area (Å²) in [6.07, 6.45) is 2.49. The fourth-order valence-electron chi connectivity index (χ4n) is 1.28. The second-order valence-corrected chi connectivity index (χ2v) is 3.44. The highest BCUT2D eigenvalue weighted by molar-refractivity contribution is 5.72. The molecular weight excluding hydrogens is 140 g/mol. The number of hydrogen-bond acceptors (Lipinski definition) is 2. The van der Waals surface area contributed by atoms with Gasteiger partial charge in [-0.15, -0.1) is 0 Å². The molecule has 0 heterocycles. The Hall–Kier alpha value is -0.570. The molecule has 1 aliphatic carbocycles. The van der Waals surface area contributed by atoms with Gasteiger partial charge in [-0.3, -0.25) is 4.79 Å². The zero-order valence-corrected chi connectivity index (χ0v) is 7.24. The molecule has 1 aliphatic rings. The van der Waals surface area contributed by atoms with E-state index in [-0.39, 0.29) is 5.91 Å². The largest absolute Gasteiger partial charge is 0.356 e. The smallest absolute Gasteiger partial charge is 0.216 e. The Morgan fingerprint density at radius 2 is 2.09 bits per heavy atom. The molecule has 0 aliphatic heterocycles. The monoisotopic (exact) mass is 156 g/mol. The van der Waals surface area contributed by atoms with Crippen LogP contribution in [0.2, 0.25) is 0 Å². The molecule has 1 fully saturated rings. The predicted octanol–water partition coefficient (Wildman–Crippen LogP) is 0.122. The topological polar surface area (TPSA) is 41.1 Å². The second-order valence-electron chi connectivity index (χ2n) is 3.44. The van der Waals surface area contributed by atoms with Crippen LogP contribution in [0.25, 0.3) is 0 Å². The van der Waals surface area contributed by atoms with Crippen LogP contribution in [0, 0.1) is 5.41 Å². The minimum atomic E-state index is 0.0763. The van der Waals surface area contributed by atoms with Crippen LogP contribution in [0.1, 0.15) is 19.8 Å². The molecule has 2 N–H and O–H groups in total. The van der Waals surface area contributed by atoms with Crippen molar-refractivity contribution in [2.45, 2.75) is 19.8 Å². The Balaban J connectivity index is 2.19. The average Bonchev–Trinajstić information content (AvgIpc) is 2.67. The number of carbonyl (C=O) groups excluding carboxylic acids is 1. The van der Waals surface area contributed by atoms with Gasteiger partial charge in [-0.1, -0.05) is 0 Å². The molecule has 0 saturated heterocycles. The molecule has 0 atom stereocenters. The van der Waals surface area contributed by atoms with Gasteiger partial charge in [-0.25, -0.2) is 0 Å². The molecule has 0 bridgehead atoms. The third-order valence-electron chi connectivity index (χ3n) is 2.22. The van der Waals surface area contributed by atoms with Crippen molar-refractivity contribution in [3.05, 3.63) is 0 Å². The number of rotatable bonds is 4. The highest BCUT2D eigenvalue weighted by atomic mass is 16.1. The Labute approximate surface area is 67.5 Å². The predicted molar refractivity (Wildman–Crippen MR) is 44.3 cm³/mol. The summed E-state index contributed by atoms with van der Waals surface area (Å²) in [6.45, 7) is 3.42. The van der Waals surface area contributed by atoms with Crippen LogP contribution < -0.4 is 10.6 Å². The standard InChI is InChI=1S/C8H16N2O/c1-7(11)10-6-8(3-4-8)5-9-2/h9H,3-6H2,1-2H3,(H,10,11). The molecule has 3 heteroatoms. The zero-order chi connectivity index (χ0) is 8.32. The highest BCUT2D eigenvalue weighted by Crippen LogP contribution is 2.44. The maximum atomic E-state index is 10.6. The third kappa shape index (κ3) is 2.50. The van der Waals surface area contributed by atoms with Crippen molar-refractivity contribution in [2.24, 2.45) is 5.41 Å². The molecule has 3 nitrogen and oxygen atoms in total. The van der Waals surface area contributed by atoms with Crippen LogP contribution in [-0.2, 0) is 4.79 Å². The van der Waals surface area contributed by atoms with Crippen molar-refractivity contribution in [1.82, 2.24) is 10.6 Å². The van der Waals surface area contributed by atoms with E-state index in [1.54, 1.807) is 6.92 Å². The normalized spacial score (nSPS) is 19.5. The summed E-state index contributed by atoms with van der Waals surface area (Å²) in [5.74, 6) is 0.0763. The minimum absolute atomic E-state index is 0.0763. The molecule has 0 spiro atoms. The molecule has 1 saturated carbocycles. The molecular formula is C8H16N2O. The Bertz CT molecular complexity index is 152. The van der Waals surface area contributed by atoms with E-state index in [1.807, 2.05) is 7.05 Å². The van der Waals surface area contributed by atoms with Crippen molar-refractivity contribution >= 4 is 5.91 Å². The van der Waals surface area contributed by atoms with Gasteiger partial charge in [0.1, 0.15) is 0 Å². The number of amides is 1. The quantitative estimate of drug-likeness (QED) is 0.607. The van der Waals surface area contributed by atoms with Gasteiger partial charge in [0.2, 0.25) is 5.91 Å². The van der Waals surface area contributed by atoms with E-state index < -0.39 is 0 Å². The first kappa shape index (κ1) is 8.53. The molecule has 1 amide bonds. The van der Waals surface area contributed by atoms with Crippen LogP contribution in [0.5, 0.6) is 0 Å². The van der Waals surface area contributed by atoms with Crippen LogP contribution in [0.4, 0.5) is 0 Å². The van der Waals surface area contributed by atoms with E-state index in [4.69, 9.17) is 0 Å². The van der Waals surface area contributed by atoms with Crippen molar-refractivity contribution in [1.29, 1.82) is 0 Å². The van der Waals surface area contributed by atoms with E-state index in [9.17, 15) is 4.79 Å².